The van der Waals surface area contributed by atoms with Crippen LogP contribution in [-0.4, -0.2) is 10.1 Å². The highest BCUT2D eigenvalue weighted by atomic mass is 79.9. The first-order valence-electron chi connectivity index (χ1n) is 6.85. The molecule has 0 fully saturated rings. The molecule has 1 unspecified atom stereocenters. The van der Waals surface area contributed by atoms with Gasteiger partial charge in [0.1, 0.15) is 5.82 Å². The molecule has 0 bridgehead atoms. The number of Topliss-reactive ketones (excluding diaryl/α,β-unsaturated/α-hetero) is 1. The van der Waals surface area contributed by atoms with E-state index in [1.54, 1.807) is 24.3 Å². The number of nitriles is 2. The topological polar surface area (TPSA) is 64.7 Å². The number of nitrogens with zero attached hydrogens (tertiary/aromatic N) is 2. The third kappa shape index (κ3) is 3.83. The standard InChI is InChI=1S/C18H12BrFN2O/c19-18(11-21,12-22)16(13-4-2-1-3-5-13)10-17(23)14-6-8-15(20)9-7-14/h1-9,16H,10H2. The molecule has 1 atom stereocenters. The van der Waals surface area contributed by atoms with Crippen LogP contribution in [0.3, 0.4) is 0 Å². The van der Waals surface area contributed by atoms with Crippen LogP contribution in [-0.2, 0) is 0 Å². The molecule has 0 amide bonds. The molecule has 2 aromatic carbocycles. The van der Waals surface area contributed by atoms with Gasteiger partial charge < -0.3 is 0 Å². The number of rotatable bonds is 5. The Morgan fingerprint density at radius 2 is 1.65 bits per heavy atom. The smallest absolute Gasteiger partial charge is 0.204 e. The summed E-state index contributed by atoms with van der Waals surface area (Å²) in [5.74, 6) is -1.32. The van der Waals surface area contributed by atoms with Crippen molar-refractivity contribution in [2.75, 3.05) is 0 Å². The van der Waals surface area contributed by atoms with Gasteiger partial charge in [-0.2, -0.15) is 10.5 Å². The zero-order valence-corrected chi connectivity index (χ0v) is 13.6. The molecule has 0 saturated heterocycles. The van der Waals surface area contributed by atoms with Crippen LogP contribution >= 0.6 is 15.9 Å². The van der Waals surface area contributed by atoms with Gasteiger partial charge in [-0.1, -0.05) is 46.3 Å². The van der Waals surface area contributed by atoms with Crippen molar-refractivity contribution in [3.63, 3.8) is 0 Å². The van der Waals surface area contributed by atoms with E-state index < -0.39 is 16.1 Å². The molecule has 0 saturated carbocycles. The number of benzene rings is 2. The minimum atomic E-state index is -1.51. The minimum absolute atomic E-state index is 0.0397. The van der Waals surface area contributed by atoms with Gasteiger partial charge in [-0.15, -0.1) is 0 Å². The monoisotopic (exact) mass is 370 g/mol. The average molecular weight is 371 g/mol. The fourth-order valence-corrected chi connectivity index (χ4v) is 2.72. The molecule has 3 nitrogen and oxygen atoms in total. The molecule has 0 radical (unpaired) electrons. The van der Waals surface area contributed by atoms with E-state index in [4.69, 9.17) is 0 Å². The maximum absolute atomic E-state index is 13.0. The van der Waals surface area contributed by atoms with Gasteiger partial charge >= 0.3 is 0 Å². The molecular formula is C18H12BrFN2O. The summed E-state index contributed by atoms with van der Waals surface area (Å²) in [6.45, 7) is 0. The Morgan fingerprint density at radius 3 is 2.17 bits per heavy atom. The van der Waals surface area contributed by atoms with Gasteiger partial charge in [0.25, 0.3) is 0 Å². The summed E-state index contributed by atoms with van der Waals surface area (Å²) in [4.78, 5) is 12.5. The van der Waals surface area contributed by atoms with Crippen LogP contribution in [0.15, 0.2) is 54.6 Å². The van der Waals surface area contributed by atoms with Gasteiger partial charge in [-0.25, -0.2) is 4.39 Å². The molecule has 0 aliphatic carbocycles. The number of ketones is 1. The van der Waals surface area contributed by atoms with Crippen LogP contribution in [0.1, 0.15) is 28.3 Å². The van der Waals surface area contributed by atoms with E-state index in [2.05, 4.69) is 15.9 Å². The van der Waals surface area contributed by atoms with Crippen molar-refractivity contribution < 1.29 is 9.18 Å². The van der Waals surface area contributed by atoms with Gasteiger partial charge in [0.2, 0.25) is 4.32 Å². The van der Waals surface area contributed by atoms with Gasteiger partial charge in [-0.05, 0) is 29.8 Å². The van der Waals surface area contributed by atoms with Crippen molar-refractivity contribution in [3.8, 4) is 12.1 Å². The molecule has 0 heterocycles. The second-order valence-electron chi connectivity index (χ2n) is 5.03. The van der Waals surface area contributed by atoms with Crippen molar-refractivity contribution in [3.05, 3.63) is 71.5 Å². The van der Waals surface area contributed by atoms with Crippen molar-refractivity contribution in [2.24, 2.45) is 0 Å². The first-order chi connectivity index (χ1) is 11.0. The maximum Gasteiger partial charge on any atom is 0.204 e. The summed E-state index contributed by atoms with van der Waals surface area (Å²) in [5.41, 5.74) is 1.06. The number of hydrogen-bond acceptors (Lipinski definition) is 3. The normalized spacial score (nSPS) is 12.0. The first kappa shape index (κ1) is 16.9. The Morgan fingerprint density at radius 1 is 1.09 bits per heavy atom. The van der Waals surface area contributed by atoms with Gasteiger partial charge in [0.05, 0.1) is 12.1 Å². The second kappa shape index (κ2) is 7.17. The zero-order chi connectivity index (χ0) is 16.9. The highest BCUT2D eigenvalue weighted by molar-refractivity contribution is 9.10. The van der Waals surface area contributed by atoms with E-state index in [0.717, 1.165) is 0 Å². The quantitative estimate of drug-likeness (QED) is 0.579. The summed E-state index contributed by atoms with van der Waals surface area (Å²) >= 11 is 3.16. The molecule has 0 aromatic heterocycles. The van der Waals surface area contributed by atoms with E-state index in [0.29, 0.717) is 11.1 Å². The maximum atomic E-state index is 13.0. The lowest BCUT2D eigenvalue weighted by Crippen LogP contribution is -2.28. The van der Waals surface area contributed by atoms with E-state index >= 15 is 0 Å². The lowest BCUT2D eigenvalue weighted by Gasteiger charge is -2.24. The Bertz CT molecular complexity index is 761. The zero-order valence-electron chi connectivity index (χ0n) is 12.0. The Labute approximate surface area is 142 Å². The van der Waals surface area contributed by atoms with Crippen LogP contribution in [0.2, 0.25) is 0 Å². The van der Waals surface area contributed by atoms with Gasteiger partial charge in [0, 0.05) is 17.9 Å². The highest BCUT2D eigenvalue weighted by Gasteiger charge is 2.39. The molecular weight excluding hydrogens is 359 g/mol. The Kier molecular flexibility index (Phi) is 5.26. The van der Waals surface area contributed by atoms with E-state index in [1.165, 1.54) is 24.3 Å². The van der Waals surface area contributed by atoms with E-state index in [-0.39, 0.29) is 12.2 Å². The SMILES string of the molecule is N#CC(Br)(C#N)C(CC(=O)c1ccc(F)cc1)c1ccccc1. The number of carbonyl (C=O) groups excluding carboxylic acids is 1. The van der Waals surface area contributed by atoms with Crippen molar-refractivity contribution in [1.82, 2.24) is 0 Å². The Balaban J connectivity index is 2.36. The van der Waals surface area contributed by atoms with Crippen LogP contribution in [0.25, 0.3) is 0 Å². The van der Waals surface area contributed by atoms with Crippen LogP contribution in [0.5, 0.6) is 0 Å². The fraction of sp³-hybridized carbons (Fsp3) is 0.167. The molecule has 5 heteroatoms. The lowest BCUT2D eigenvalue weighted by molar-refractivity contribution is 0.0972. The molecule has 114 valence electrons. The molecule has 2 rings (SSSR count). The average Bonchev–Trinajstić information content (AvgIpc) is 2.60. The summed E-state index contributed by atoms with van der Waals surface area (Å²) < 4.78 is 11.5. The third-order valence-corrected chi connectivity index (χ3v) is 4.47. The minimum Gasteiger partial charge on any atom is -0.294 e. The first-order valence-corrected chi connectivity index (χ1v) is 7.64. The Hall–Kier alpha value is -2.50. The molecule has 0 N–H and O–H groups in total. The van der Waals surface area contributed by atoms with Crippen molar-refractivity contribution in [1.29, 1.82) is 10.5 Å². The summed E-state index contributed by atoms with van der Waals surface area (Å²) in [7, 11) is 0. The van der Waals surface area contributed by atoms with Crippen molar-refractivity contribution >= 4 is 21.7 Å². The third-order valence-electron chi connectivity index (χ3n) is 3.56. The number of carbonyl (C=O) groups is 1. The van der Waals surface area contributed by atoms with E-state index in [1.807, 2.05) is 18.2 Å². The predicted molar refractivity (Wildman–Crippen MR) is 87.4 cm³/mol. The molecule has 0 spiro atoms. The fourth-order valence-electron chi connectivity index (χ4n) is 2.29. The van der Waals surface area contributed by atoms with Gasteiger partial charge in [-0.3, -0.25) is 4.79 Å². The number of halogens is 2. The number of alkyl halides is 1. The van der Waals surface area contributed by atoms with Crippen LogP contribution in [0, 0.1) is 28.5 Å². The number of hydrogen-bond donors (Lipinski definition) is 0. The van der Waals surface area contributed by atoms with E-state index in [9.17, 15) is 19.7 Å². The highest BCUT2D eigenvalue weighted by Crippen LogP contribution is 2.38. The molecule has 23 heavy (non-hydrogen) atoms. The molecule has 0 aliphatic rings. The largest absolute Gasteiger partial charge is 0.294 e. The molecule has 0 aliphatic heterocycles. The molecule has 2 aromatic rings. The summed E-state index contributed by atoms with van der Waals surface area (Å²) in [5, 5.41) is 18.7. The van der Waals surface area contributed by atoms with Crippen LogP contribution in [0.4, 0.5) is 4.39 Å². The lowest BCUT2D eigenvalue weighted by atomic mass is 9.82. The van der Waals surface area contributed by atoms with Gasteiger partial charge in [0.15, 0.2) is 5.78 Å². The second-order valence-corrected chi connectivity index (χ2v) is 6.28. The summed E-state index contributed by atoms with van der Waals surface area (Å²) in [6, 6.07) is 18.0. The predicted octanol–water partition coefficient (Wildman–Crippen LogP) is 4.36. The van der Waals surface area contributed by atoms with Crippen LogP contribution < -0.4 is 0 Å². The van der Waals surface area contributed by atoms with Crippen molar-refractivity contribution in [2.45, 2.75) is 16.7 Å². The summed E-state index contributed by atoms with van der Waals surface area (Å²) in [6.07, 6.45) is -0.0397.